The Bertz CT molecular complexity index is 1050. The fourth-order valence-electron chi connectivity index (χ4n) is 8.98. The second-order valence-electron chi connectivity index (χ2n) is 20.1. The van der Waals surface area contributed by atoms with Crippen LogP contribution in [0.1, 0.15) is 322 Å². The Balaban J connectivity index is 3.41. The first-order valence-electron chi connectivity index (χ1n) is 29.5. The molecule has 0 heterocycles. The highest BCUT2D eigenvalue weighted by Crippen LogP contribution is 2.18. The molecule has 0 aromatic rings. The highest BCUT2D eigenvalue weighted by molar-refractivity contribution is 5.70. The van der Waals surface area contributed by atoms with Crippen LogP contribution in [0, 0.1) is 0 Å². The van der Waals surface area contributed by atoms with E-state index in [1.807, 2.05) is 0 Å². The SMILES string of the molecule is CCCCC/C=C\C/C=C\C/C=C\CCCCCCCCC(=O)OC(CO)COC(=O)CCCCCCCCCCCCCCCCCCCCCCCCCCCCCCCCCCC. The molecule has 0 aromatic carbocycles. The van der Waals surface area contributed by atoms with E-state index in [9.17, 15) is 14.7 Å². The van der Waals surface area contributed by atoms with Gasteiger partial charge < -0.3 is 14.6 Å². The molecule has 0 aliphatic carbocycles. The van der Waals surface area contributed by atoms with Crippen LogP contribution in [0.3, 0.4) is 0 Å². The van der Waals surface area contributed by atoms with E-state index in [1.165, 1.54) is 238 Å². The van der Waals surface area contributed by atoms with Gasteiger partial charge in [0.1, 0.15) is 6.61 Å². The van der Waals surface area contributed by atoms with Crippen molar-refractivity contribution >= 4 is 11.9 Å². The van der Waals surface area contributed by atoms with Crippen molar-refractivity contribution in [3.05, 3.63) is 36.5 Å². The Labute approximate surface area is 412 Å². The maximum absolute atomic E-state index is 12.3. The number of rotatable bonds is 55. The van der Waals surface area contributed by atoms with Crippen LogP contribution < -0.4 is 0 Å². The number of allylic oxidation sites excluding steroid dienone is 6. The van der Waals surface area contributed by atoms with Crippen molar-refractivity contribution < 1.29 is 24.2 Å². The fraction of sp³-hybridized carbons (Fsp3) is 0.869. The Morgan fingerprint density at radius 2 is 0.606 bits per heavy atom. The molecule has 1 N–H and O–H groups in total. The number of hydrogen-bond donors (Lipinski definition) is 1. The van der Waals surface area contributed by atoms with Crippen LogP contribution in [0.5, 0.6) is 0 Å². The maximum atomic E-state index is 12.3. The molecule has 0 saturated heterocycles. The zero-order valence-corrected chi connectivity index (χ0v) is 44.5. The number of unbranched alkanes of at least 4 members (excludes halogenated alkanes) is 41. The largest absolute Gasteiger partial charge is 0.462 e. The van der Waals surface area contributed by atoms with Crippen LogP contribution in [0.2, 0.25) is 0 Å². The minimum atomic E-state index is -0.778. The quantitative estimate of drug-likeness (QED) is 0.0374. The van der Waals surface area contributed by atoms with E-state index in [2.05, 4.69) is 50.3 Å². The van der Waals surface area contributed by atoms with Gasteiger partial charge in [-0.3, -0.25) is 9.59 Å². The lowest BCUT2D eigenvalue weighted by Gasteiger charge is -2.15. The molecule has 0 fully saturated rings. The molecule has 388 valence electrons. The van der Waals surface area contributed by atoms with Gasteiger partial charge in [0.05, 0.1) is 6.61 Å². The summed E-state index contributed by atoms with van der Waals surface area (Å²) < 4.78 is 10.7. The molecular formula is C61H114O5. The molecule has 0 spiro atoms. The summed E-state index contributed by atoms with van der Waals surface area (Å²) in [6.07, 6.45) is 74.3. The maximum Gasteiger partial charge on any atom is 0.306 e. The van der Waals surface area contributed by atoms with Gasteiger partial charge in [-0.05, 0) is 51.4 Å². The van der Waals surface area contributed by atoms with Crippen molar-refractivity contribution in [2.24, 2.45) is 0 Å². The molecule has 0 rings (SSSR count). The number of ether oxygens (including phenoxy) is 2. The molecule has 5 nitrogen and oxygen atoms in total. The van der Waals surface area contributed by atoms with Crippen LogP contribution in [0.25, 0.3) is 0 Å². The molecule has 0 aliphatic rings. The smallest absolute Gasteiger partial charge is 0.306 e. The Hall–Kier alpha value is -1.88. The Morgan fingerprint density at radius 1 is 0.348 bits per heavy atom. The summed E-state index contributed by atoms with van der Waals surface area (Å²) in [6.45, 7) is 4.15. The van der Waals surface area contributed by atoms with E-state index in [0.29, 0.717) is 12.8 Å². The number of esters is 2. The number of hydrogen-bond acceptors (Lipinski definition) is 5. The van der Waals surface area contributed by atoms with E-state index < -0.39 is 6.10 Å². The van der Waals surface area contributed by atoms with Gasteiger partial charge in [0.2, 0.25) is 0 Å². The predicted octanol–water partition coefficient (Wildman–Crippen LogP) is 19.9. The molecule has 0 bridgehead atoms. The summed E-state index contributed by atoms with van der Waals surface area (Å²) in [6, 6.07) is 0. The minimum absolute atomic E-state index is 0.0675. The Morgan fingerprint density at radius 3 is 0.939 bits per heavy atom. The van der Waals surface area contributed by atoms with Crippen LogP contribution in [-0.4, -0.2) is 36.4 Å². The third kappa shape index (κ3) is 54.7. The van der Waals surface area contributed by atoms with Crippen molar-refractivity contribution in [3.63, 3.8) is 0 Å². The number of aliphatic hydroxyl groups is 1. The normalized spacial score (nSPS) is 12.3. The first kappa shape index (κ1) is 64.1. The van der Waals surface area contributed by atoms with Crippen molar-refractivity contribution in [1.82, 2.24) is 0 Å². The third-order valence-corrected chi connectivity index (χ3v) is 13.4. The predicted molar refractivity (Wildman–Crippen MR) is 288 cm³/mol. The molecule has 0 saturated carbocycles. The van der Waals surface area contributed by atoms with Gasteiger partial charge in [0.15, 0.2) is 6.10 Å². The van der Waals surface area contributed by atoms with Gasteiger partial charge in [-0.15, -0.1) is 0 Å². The second kappa shape index (κ2) is 57.4. The molecule has 0 aromatic heterocycles. The van der Waals surface area contributed by atoms with Crippen LogP contribution in [-0.2, 0) is 19.1 Å². The van der Waals surface area contributed by atoms with Gasteiger partial charge in [-0.1, -0.05) is 294 Å². The van der Waals surface area contributed by atoms with Crippen LogP contribution >= 0.6 is 0 Å². The number of carbonyl (C=O) groups excluding carboxylic acids is 2. The zero-order valence-electron chi connectivity index (χ0n) is 44.5. The third-order valence-electron chi connectivity index (χ3n) is 13.4. The van der Waals surface area contributed by atoms with Crippen molar-refractivity contribution in [1.29, 1.82) is 0 Å². The summed E-state index contributed by atoms with van der Waals surface area (Å²) >= 11 is 0. The molecule has 1 atom stereocenters. The van der Waals surface area contributed by atoms with E-state index in [1.54, 1.807) is 0 Å². The molecule has 0 aliphatic heterocycles. The van der Waals surface area contributed by atoms with Gasteiger partial charge in [0, 0.05) is 12.8 Å². The van der Waals surface area contributed by atoms with Crippen LogP contribution in [0.15, 0.2) is 36.5 Å². The molecule has 1 unspecified atom stereocenters. The van der Waals surface area contributed by atoms with Crippen molar-refractivity contribution in [3.8, 4) is 0 Å². The number of carbonyl (C=O) groups is 2. The van der Waals surface area contributed by atoms with Gasteiger partial charge in [-0.2, -0.15) is 0 Å². The van der Waals surface area contributed by atoms with Gasteiger partial charge in [-0.25, -0.2) is 0 Å². The number of aliphatic hydroxyl groups excluding tert-OH is 1. The molecule has 5 heteroatoms. The summed E-state index contributed by atoms with van der Waals surface area (Å²) in [5, 5.41) is 9.64. The summed E-state index contributed by atoms with van der Waals surface area (Å²) in [7, 11) is 0. The fourth-order valence-corrected chi connectivity index (χ4v) is 8.98. The summed E-state index contributed by atoms with van der Waals surface area (Å²) in [5.41, 5.74) is 0. The average Bonchev–Trinajstić information content (AvgIpc) is 3.32. The molecular weight excluding hydrogens is 813 g/mol. The van der Waals surface area contributed by atoms with E-state index in [-0.39, 0.29) is 25.2 Å². The first-order valence-corrected chi connectivity index (χ1v) is 29.5. The first-order chi connectivity index (χ1) is 32.6. The standard InChI is InChI=1S/C61H114O5/c1-3-5-7-9-11-13-15-17-19-21-23-24-25-26-27-28-29-30-31-32-33-34-35-36-38-39-41-43-45-47-49-51-53-55-60(63)65-58-59(57-62)66-61(64)56-54-52-50-48-46-44-42-40-37-22-20-18-16-14-12-10-8-6-4-2/h12,14,18,20,37,40,59,62H,3-11,13,15-17,19,21-36,38-39,41-58H2,1-2H3/b14-12-,20-18-,40-37-. The summed E-state index contributed by atoms with van der Waals surface area (Å²) in [5.74, 6) is -0.590. The van der Waals surface area contributed by atoms with E-state index in [0.717, 1.165) is 57.8 Å². The minimum Gasteiger partial charge on any atom is -0.462 e. The highest BCUT2D eigenvalue weighted by atomic mass is 16.6. The average molecular weight is 928 g/mol. The molecule has 0 radical (unpaired) electrons. The van der Waals surface area contributed by atoms with Crippen LogP contribution in [0.4, 0.5) is 0 Å². The lowest BCUT2D eigenvalue weighted by Crippen LogP contribution is -2.28. The van der Waals surface area contributed by atoms with E-state index in [4.69, 9.17) is 9.47 Å². The monoisotopic (exact) mass is 927 g/mol. The molecule has 66 heavy (non-hydrogen) atoms. The topological polar surface area (TPSA) is 72.8 Å². The molecule has 0 amide bonds. The summed E-state index contributed by atoms with van der Waals surface area (Å²) in [4.78, 5) is 24.5. The van der Waals surface area contributed by atoms with Crippen molar-refractivity contribution in [2.75, 3.05) is 13.2 Å². The van der Waals surface area contributed by atoms with Crippen molar-refractivity contribution in [2.45, 2.75) is 328 Å². The van der Waals surface area contributed by atoms with Gasteiger partial charge >= 0.3 is 11.9 Å². The second-order valence-corrected chi connectivity index (χ2v) is 20.1. The highest BCUT2D eigenvalue weighted by Gasteiger charge is 2.16. The van der Waals surface area contributed by atoms with E-state index >= 15 is 0 Å². The lowest BCUT2D eigenvalue weighted by atomic mass is 10.0. The zero-order chi connectivity index (χ0) is 47.7. The lowest BCUT2D eigenvalue weighted by molar-refractivity contribution is -0.161. The van der Waals surface area contributed by atoms with Gasteiger partial charge in [0.25, 0.3) is 0 Å². The Kier molecular flexibility index (Phi) is 55.8.